The summed E-state index contributed by atoms with van der Waals surface area (Å²) < 4.78 is 39.1. The van der Waals surface area contributed by atoms with E-state index in [9.17, 15) is 18.3 Å². The van der Waals surface area contributed by atoms with Gasteiger partial charge in [0.15, 0.2) is 0 Å². The van der Waals surface area contributed by atoms with E-state index in [2.05, 4.69) is 32.5 Å². The summed E-state index contributed by atoms with van der Waals surface area (Å²) in [7, 11) is 0. The second kappa shape index (κ2) is 5.12. The first-order valence-corrected chi connectivity index (χ1v) is 5.18. The number of alkyl halides is 4. The van der Waals surface area contributed by atoms with Crippen LogP contribution < -0.4 is 4.74 Å². The Balaban J connectivity index is 2.91. The van der Waals surface area contributed by atoms with Gasteiger partial charge in [-0.3, -0.25) is 0 Å². The molecule has 0 spiro atoms. The molecule has 16 heavy (non-hydrogen) atoms. The van der Waals surface area contributed by atoms with E-state index in [1.54, 1.807) is 0 Å². The number of rotatable bonds is 1. The molecule has 1 aromatic carbocycles. The predicted molar refractivity (Wildman–Crippen MR) is 55.5 cm³/mol. The lowest BCUT2D eigenvalue weighted by molar-refractivity contribution is -0.274. The van der Waals surface area contributed by atoms with Crippen molar-refractivity contribution in [2.45, 2.75) is 6.36 Å². The van der Waals surface area contributed by atoms with Crippen LogP contribution in [0.15, 0.2) is 18.2 Å². The first-order valence-electron chi connectivity index (χ1n) is 4.06. The molecule has 0 aromatic heterocycles. The highest BCUT2D eigenvalue weighted by atomic mass is 79.9. The first-order chi connectivity index (χ1) is 7.42. The van der Waals surface area contributed by atoms with Gasteiger partial charge in [-0.2, -0.15) is 0 Å². The maximum absolute atomic E-state index is 11.8. The van der Waals surface area contributed by atoms with Gasteiger partial charge < -0.3 is 9.84 Å². The third-order valence-electron chi connectivity index (χ3n) is 1.49. The minimum Gasteiger partial charge on any atom is -0.507 e. The molecule has 0 atom stereocenters. The van der Waals surface area contributed by atoms with Crippen molar-refractivity contribution < 1.29 is 23.0 Å². The van der Waals surface area contributed by atoms with E-state index < -0.39 is 12.1 Å². The maximum Gasteiger partial charge on any atom is 0.573 e. The molecule has 1 rings (SSSR count). The maximum atomic E-state index is 11.8. The smallest absolute Gasteiger partial charge is 0.507 e. The van der Waals surface area contributed by atoms with Crippen LogP contribution in [0.4, 0.5) is 13.2 Å². The lowest BCUT2D eigenvalue weighted by Gasteiger charge is -2.09. The third-order valence-corrected chi connectivity index (χ3v) is 1.77. The highest BCUT2D eigenvalue weighted by Gasteiger charge is 2.31. The molecule has 0 aliphatic rings. The normalized spacial score (nSPS) is 10.5. The van der Waals surface area contributed by atoms with Crippen LogP contribution in [0.5, 0.6) is 11.5 Å². The van der Waals surface area contributed by atoms with Crippen LogP contribution in [0.1, 0.15) is 5.56 Å². The van der Waals surface area contributed by atoms with Crippen molar-refractivity contribution in [3.8, 4) is 23.3 Å². The molecule has 1 N–H and O–H groups in total. The van der Waals surface area contributed by atoms with Gasteiger partial charge in [-0.25, -0.2) is 0 Å². The van der Waals surface area contributed by atoms with Crippen molar-refractivity contribution in [2.75, 3.05) is 5.33 Å². The Morgan fingerprint density at radius 1 is 1.38 bits per heavy atom. The average Bonchev–Trinajstić information content (AvgIpc) is 2.14. The molecule has 0 heterocycles. The highest BCUT2D eigenvalue weighted by Crippen LogP contribution is 2.27. The molecule has 2 nitrogen and oxygen atoms in total. The number of phenolic OH excluding ortho intramolecular Hbond substituents is 1. The van der Waals surface area contributed by atoms with Gasteiger partial charge in [-0.15, -0.1) is 13.2 Å². The molecule has 0 saturated carbocycles. The largest absolute Gasteiger partial charge is 0.573 e. The highest BCUT2D eigenvalue weighted by molar-refractivity contribution is 9.09. The molecule has 0 aliphatic heterocycles. The van der Waals surface area contributed by atoms with Crippen LogP contribution in [-0.4, -0.2) is 16.8 Å². The summed E-state index contributed by atoms with van der Waals surface area (Å²) >= 11 is 3.06. The van der Waals surface area contributed by atoms with Gasteiger partial charge in [-0.05, 0) is 12.1 Å². The number of benzene rings is 1. The summed E-state index contributed by atoms with van der Waals surface area (Å²) in [5.41, 5.74) is 0.244. The van der Waals surface area contributed by atoms with Crippen LogP contribution in [0.3, 0.4) is 0 Å². The molecule has 0 fully saturated rings. The first kappa shape index (κ1) is 12.7. The summed E-state index contributed by atoms with van der Waals surface area (Å²) in [5, 5.41) is 9.76. The van der Waals surface area contributed by atoms with Crippen molar-refractivity contribution in [1.82, 2.24) is 0 Å². The molecule has 0 aliphatic carbocycles. The Morgan fingerprint density at radius 3 is 2.56 bits per heavy atom. The third kappa shape index (κ3) is 4.03. The molecular formula is C10H6BrF3O2. The number of phenols is 1. The number of ether oxygens (including phenoxy) is 1. The minimum atomic E-state index is -4.77. The lowest BCUT2D eigenvalue weighted by atomic mass is 10.2. The molecule has 0 bridgehead atoms. The zero-order valence-electron chi connectivity index (χ0n) is 7.81. The molecule has 86 valence electrons. The van der Waals surface area contributed by atoms with Crippen molar-refractivity contribution in [3.05, 3.63) is 23.8 Å². The van der Waals surface area contributed by atoms with Gasteiger partial charge in [0.05, 0.1) is 10.9 Å². The van der Waals surface area contributed by atoms with Crippen LogP contribution in [0.2, 0.25) is 0 Å². The Bertz CT molecular complexity index is 432. The minimum absolute atomic E-state index is 0.244. The fourth-order valence-corrected chi connectivity index (χ4v) is 1.08. The van der Waals surface area contributed by atoms with Crippen molar-refractivity contribution in [1.29, 1.82) is 0 Å². The van der Waals surface area contributed by atoms with E-state index in [0.29, 0.717) is 5.33 Å². The lowest BCUT2D eigenvalue weighted by Crippen LogP contribution is -2.17. The van der Waals surface area contributed by atoms with E-state index in [-0.39, 0.29) is 11.3 Å². The molecule has 0 radical (unpaired) electrons. The number of halogens is 4. The fraction of sp³-hybridized carbons (Fsp3) is 0.200. The molecule has 0 saturated heterocycles. The predicted octanol–water partition coefficient (Wildman–Crippen LogP) is 3.04. The Kier molecular flexibility index (Phi) is 4.07. The van der Waals surface area contributed by atoms with Crippen LogP contribution in [-0.2, 0) is 0 Å². The average molecular weight is 295 g/mol. The van der Waals surface area contributed by atoms with Crippen LogP contribution in [0, 0.1) is 11.8 Å². The van der Waals surface area contributed by atoms with Crippen LogP contribution >= 0.6 is 15.9 Å². The number of aromatic hydroxyl groups is 1. The topological polar surface area (TPSA) is 29.5 Å². The van der Waals surface area contributed by atoms with E-state index >= 15 is 0 Å². The molecule has 6 heteroatoms. The Morgan fingerprint density at radius 2 is 2.06 bits per heavy atom. The quantitative estimate of drug-likeness (QED) is 0.637. The Labute approximate surface area is 98.2 Å². The van der Waals surface area contributed by atoms with Gasteiger partial charge >= 0.3 is 6.36 Å². The summed E-state index contributed by atoms with van der Waals surface area (Å²) in [4.78, 5) is 0. The number of hydrogen-bond acceptors (Lipinski definition) is 2. The SMILES string of the molecule is Oc1cc(OC(F)(F)F)ccc1C#CCBr. The summed E-state index contributed by atoms with van der Waals surface area (Å²) in [6, 6.07) is 3.21. The Hall–Kier alpha value is -1.35. The van der Waals surface area contributed by atoms with Gasteiger partial charge in [0.1, 0.15) is 11.5 Å². The van der Waals surface area contributed by atoms with Gasteiger partial charge in [0.25, 0.3) is 0 Å². The van der Waals surface area contributed by atoms with Crippen molar-refractivity contribution >= 4 is 15.9 Å². The molecule has 0 amide bonds. The van der Waals surface area contributed by atoms with Gasteiger partial charge in [-0.1, -0.05) is 27.8 Å². The zero-order valence-corrected chi connectivity index (χ0v) is 9.39. The van der Waals surface area contributed by atoms with Gasteiger partial charge in [0.2, 0.25) is 0 Å². The van der Waals surface area contributed by atoms with Gasteiger partial charge in [0, 0.05) is 6.07 Å². The van der Waals surface area contributed by atoms with E-state index in [4.69, 9.17) is 0 Å². The zero-order chi connectivity index (χ0) is 12.2. The number of hydrogen-bond donors (Lipinski definition) is 1. The summed E-state index contributed by atoms with van der Waals surface area (Å²) in [6.45, 7) is 0. The standard InChI is InChI=1S/C10H6BrF3O2/c11-5-1-2-7-3-4-8(6-9(7)15)16-10(12,13)14/h3-4,6,15H,5H2. The summed E-state index contributed by atoms with van der Waals surface area (Å²) in [5.74, 6) is 4.36. The molecule has 1 aromatic rings. The van der Waals surface area contributed by atoms with Crippen molar-refractivity contribution in [2.24, 2.45) is 0 Å². The fourth-order valence-electron chi connectivity index (χ4n) is 0.943. The van der Waals surface area contributed by atoms with Crippen molar-refractivity contribution in [3.63, 3.8) is 0 Å². The monoisotopic (exact) mass is 294 g/mol. The van der Waals surface area contributed by atoms with E-state index in [1.807, 2.05) is 0 Å². The second-order valence-electron chi connectivity index (χ2n) is 2.66. The van der Waals surface area contributed by atoms with Crippen LogP contribution in [0.25, 0.3) is 0 Å². The van der Waals surface area contributed by atoms with E-state index in [1.165, 1.54) is 6.07 Å². The molecule has 0 unspecified atom stereocenters. The van der Waals surface area contributed by atoms with E-state index in [0.717, 1.165) is 12.1 Å². The molecular weight excluding hydrogens is 289 g/mol. The second-order valence-corrected chi connectivity index (χ2v) is 3.22. The summed E-state index contributed by atoms with van der Waals surface area (Å²) in [6.07, 6.45) is -4.77.